The van der Waals surface area contributed by atoms with Gasteiger partial charge in [-0.1, -0.05) is 6.07 Å². The van der Waals surface area contributed by atoms with Gasteiger partial charge in [0.1, 0.15) is 6.54 Å². The fourth-order valence-electron chi connectivity index (χ4n) is 3.52. The second-order valence-corrected chi connectivity index (χ2v) is 6.88. The molecule has 1 saturated heterocycles. The summed E-state index contributed by atoms with van der Waals surface area (Å²) < 4.78 is 49.8. The largest absolute Gasteiger partial charge is 0.493 e. The van der Waals surface area contributed by atoms with Crippen molar-refractivity contribution >= 4 is 5.69 Å². The number of nitrogens with zero attached hydrogens (tertiary/aromatic N) is 1. The molecule has 0 spiro atoms. The van der Waals surface area contributed by atoms with E-state index < -0.39 is 11.7 Å². The Morgan fingerprint density at radius 2 is 1.79 bits per heavy atom. The summed E-state index contributed by atoms with van der Waals surface area (Å²) in [4.78, 5) is 3.43. The highest BCUT2D eigenvalue weighted by Crippen LogP contribution is 2.31. The molecular weight excluding hydrogens is 369 g/mol. The van der Waals surface area contributed by atoms with E-state index in [1.165, 1.54) is 17.0 Å². The van der Waals surface area contributed by atoms with Crippen LogP contribution in [0.15, 0.2) is 42.5 Å². The van der Waals surface area contributed by atoms with Gasteiger partial charge >= 0.3 is 6.18 Å². The predicted molar refractivity (Wildman–Crippen MR) is 102 cm³/mol. The third-order valence-corrected chi connectivity index (χ3v) is 4.99. The topological polar surface area (TPSA) is 26.1 Å². The summed E-state index contributed by atoms with van der Waals surface area (Å²) in [5, 5.41) is 0. The molecular formula is C21H26F3N2O2+. The Hall–Kier alpha value is -2.41. The van der Waals surface area contributed by atoms with Crippen molar-refractivity contribution in [3.8, 4) is 11.5 Å². The van der Waals surface area contributed by atoms with Crippen molar-refractivity contribution in [1.29, 1.82) is 0 Å². The van der Waals surface area contributed by atoms with Crippen molar-refractivity contribution in [2.75, 3.05) is 44.8 Å². The number of quaternary nitrogens is 1. The molecule has 2 aromatic rings. The van der Waals surface area contributed by atoms with Crippen LogP contribution in [0, 0.1) is 0 Å². The molecule has 3 rings (SSSR count). The molecule has 0 radical (unpaired) electrons. The van der Waals surface area contributed by atoms with E-state index in [2.05, 4.69) is 0 Å². The Labute approximate surface area is 163 Å². The Kier molecular flexibility index (Phi) is 6.34. The lowest BCUT2D eigenvalue weighted by Crippen LogP contribution is -3.13. The molecule has 2 aromatic carbocycles. The van der Waals surface area contributed by atoms with Gasteiger partial charge in [0.05, 0.1) is 45.5 Å². The van der Waals surface area contributed by atoms with Crippen LogP contribution in [0.5, 0.6) is 11.5 Å². The molecule has 1 fully saturated rings. The Bertz CT molecular complexity index is 787. The van der Waals surface area contributed by atoms with Gasteiger partial charge in [-0.3, -0.25) is 0 Å². The molecule has 1 aliphatic heterocycles. The summed E-state index contributed by atoms with van der Waals surface area (Å²) in [6.45, 7) is 6.54. The van der Waals surface area contributed by atoms with Crippen molar-refractivity contribution in [3.05, 3.63) is 53.6 Å². The maximum Gasteiger partial charge on any atom is 0.416 e. The van der Waals surface area contributed by atoms with Gasteiger partial charge in [0.15, 0.2) is 11.5 Å². The lowest BCUT2D eigenvalue weighted by atomic mass is 10.1. The van der Waals surface area contributed by atoms with Crippen molar-refractivity contribution < 1.29 is 27.5 Å². The van der Waals surface area contributed by atoms with Gasteiger partial charge in [0.25, 0.3) is 0 Å². The highest BCUT2D eigenvalue weighted by molar-refractivity contribution is 5.49. The van der Waals surface area contributed by atoms with E-state index in [-0.39, 0.29) is 0 Å². The van der Waals surface area contributed by atoms with Gasteiger partial charge in [-0.2, -0.15) is 13.2 Å². The fourth-order valence-corrected chi connectivity index (χ4v) is 3.52. The number of hydrogen-bond donors (Lipinski definition) is 1. The summed E-state index contributed by atoms with van der Waals surface area (Å²) in [6.07, 6.45) is -4.31. The first-order chi connectivity index (χ1) is 13.4. The minimum atomic E-state index is -4.31. The first-order valence-corrected chi connectivity index (χ1v) is 9.46. The molecule has 0 saturated carbocycles. The van der Waals surface area contributed by atoms with E-state index >= 15 is 0 Å². The Morgan fingerprint density at radius 1 is 1.04 bits per heavy atom. The van der Waals surface area contributed by atoms with Crippen LogP contribution in [-0.4, -0.2) is 39.9 Å². The van der Waals surface area contributed by atoms with Crippen LogP contribution >= 0.6 is 0 Å². The SMILES string of the molecule is CCOc1cc(C[NH+]2CCN(c3cccc(C(F)(F)F)c3)CC2)ccc1OC. The number of methoxy groups -OCH3 is 1. The first kappa shape index (κ1) is 20.3. The maximum atomic E-state index is 12.9. The van der Waals surface area contributed by atoms with Crippen molar-refractivity contribution in [3.63, 3.8) is 0 Å². The number of alkyl halides is 3. The van der Waals surface area contributed by atoms with Crippen molar-refractivity contribution in [1.82, 2.24) is 0 Å². The van der Waals surface area contributed by atoms with Crippen LogP contribution < -0.4 is 19.3 Å². The zero-order valence-corrected chi connectivity index (χ0v) is 16.2. The van der Waals surface area contributed by atoms with Crippen LogP contribution in [0.25, 0.3) is 0 Å². The van der Waals surface area contributed by atoms with Crippen LogP contribution in [0.1, 0.15) is 18.1 Å². The average molecular weight is 395 g/mol. The monoisotopic (exact) mass is 395 g/mol. The van der Waals surface area contributed by atoms with Gasteiger partial charge in [-0.15, -0.1) is 0 Å². The molecule has 4 nitrogen and oxygen atoms in total. The van der Waals surface area contributed by atoms with Crippen LogP contribution in [0.4, 0.5) is 18.9 Å². The fraction of sp³-hybridized carbons (Fsp3) is 0.429. The molecule has 0 aliphatic carbocycles. The molecule has 152 valence electrons. The lowest BCUT2D eigenvalue weighted by molar-refractivity contribution is -0.914. The van der Waals surface area contributed by atoms with Gasteiger partial charge in [0, 0.05) is 11.3 Å². The van der Waals surface area contributed by atoms with E-state index in [1.807, 2.05) is 30.0 Å². The molecule has 0 aromatic heterocycles. The quantitative estimate of drug-likeness (QED) is 0.815. The number of piperazine rings is 1. The molecule has 1 heterocycles. The van der Waals surface area contributed by atoms with E-state index in [0.717, 1.165) is 55.9 Å². The summed E-state index contributed by atoms with van der Waals surface area (Å²) in [6, 6.07) is 11.5. The molecule has 0 atom stereocenters. The normalized spacial score (nSPS) is 15.5. The highest BCUT2D eigenvalue weighted by Gasteiger charge is 2.31. The second kappa shape index (κ2) is 8.73. The minimum absolute atomic E-state index is 0.572. The molecule has 28 heavy (non-hydrogen) atoms. The van der Waals surface area contributed by atoms with Crippen LogP contribution in [0.2, 0.25) is 0 Å². The zero-order chi connectivity index (χ0) is 20.1. The molecule has 7 heteroatoms. The first-order valence-electron chi connectivity index (χ1n) is 9.46. The Morgan fingerprint density at radius 3 is 2.43 bits per heavy atom. The number of rotatable bonds is 6. The van der Waals surface area contributed by atoms with E-state index in [0.29, 0.717) is 12.3 Å². The number of anilines is 1. The highest BCUT2D eigenvalue weighted by atomic mass is 19.4. The number of halogens is 3. The molecule has 0 unspecified atom stereocenters. The second-order valence-electron chi connectivity index (χ2n) is 6.88. The zero-order valence-electron chi connectivity index (χ0n) is 16.2. The molecule has 1 N–H and O–H groups in total. The number of hydrogen-bond acceptors (Lipinski definition) is 3. The third-order valence-electron chi connectivity index (χ3n) is 4.99. The average Bonchev–Trinajstić information content (AvgIpc) is 2.69. The van der Waals surface area contributed by atoms with Crippen molar-refractivity contribution in [2.24, 2.45) is 0 Å². The molecule has 0 bridgehead atoms. The van der Waals surface area contributed by atoms with E-state index in [4.69, 9.17) is 9.47 Å². The Balaban J connectivity index is 1.61. The third kappa shape index (κ3) is 4.90. The predicted octanol–water partition coefficient (Wildman–Crippen LogP) is 3.02. The summed E-state index contributed by atoms with van der Waals surface area (Å²) in [5.74, 6) is 1.46. The smallest absolute Gasteiger partial charge is 0.416 e. The van der Waals surface area contributed by atoms with Crippen LogP contribution in [-0.2, 0) is 12.7 Å². The summed E-state index contributed by atoms with van der Waals surface area (Å²) in [7, 11) is 1.62. The minimum Gasteiger partial charge on any atom is -0.493 e. The molecule has 1 aliphatic rings. The van der Waals surface area contributed by atoms with Gasteiger partial charge in [0.2, 0.25) is 0 Å². The van der Waals surface area contributed by atoms with E-state index in [1.54, 1.807) is 13.2 Å². The van der Waals surface area contributed by atoms with E-state index in [9.17, 15) is 13.2 Å². The lowest BCUT2D eigenvalue weighted by Gasteiger charge is -2.34. The van der Waals surface area contributed by atoms with Crippen molar-refractivity contribution in [2.45, 2.75) is 19.6 Å². The van der Waals surface area contributed by atoms with Gasteiger partial charge < -0.3 is 19.3 Å². The number of nitrogens with one attached hydrogen (secondary N) is 1. The van der Waals surface area contributed by atoms with Gasteiger partial charge in [-0.25, -0.2) is 0 Å². The number of benzene rings is 2. The maximum absolute atomic E-state index is 12.9. The summed E-state index contributed by atoms with van der Waals surface area (Å²) in [5.41, 5.74) is 1.20. The molecule has 0 amide bonds. The summed E-state index contributed by atoms with van der Waals surface area (Å²) >= 11 is 0. The van der Waals surface area contributed by atoms with Crippen LogP contribution in [0.3, 0.4) is 0 Å². The number of ether oxygens (including phenoxy) is 2. The van der Waals surface area contributed by atoms with Gasteiger partial charge in [-0.05, 0) is 43.3 Å². The standard InChI is InChI=1S/C21H25F3N2O2/c1-3-28-20-13-16(7-8-19(20)27-2)15-25-9-11-26(12-10-25)18-6-4-5-17(14-18)21(22,23)24/h4-8,13-14H,3,9-12,15H2,1-2H3/p+1.